The van der Waals surface area contributed by atoms with Crippen LogP contribution in [0.3, 0.4) is 0 Å². The van der Waals surface area contributed by atoms with Crippen molar-refractivity contribution in [2.45, 2.75) is 20.0 Å². The number of ether oxygens (including phenoxy) is 1. The van der Waals surface area contributed by atoms with Crippen LogP contribution in [0.5, 0.6) is 5.75 Å². The van der Waals surface area contributed by atoms with Crippen LogP contribution in [-0.2, 0) is 17.8 Å². The number of nitriles is 1. The highest BCUT2D eigenvalue weighted by Gasteiger charge is 2.13. The van der Waals surface area contributed by atoms with Gasteiger partial charge >= 0.3 is 0 Å². The molecule has 4 nitrogen and oxygen atoms in total. The summed E-state index contributed by atoms with van der Waals surface area (Å²) in [6.45, 7) is 2.27. The highest BCUT2D eigenvalue weighted by Crippen LogP contribution is 2.26. The summed E-state index contributed by atoms with van der Waals surface area (Å²) >= 11 is 12.0. The van der Waals surface area contributed by atoms with Gasteiger partial charge in [0, 0.05) is 11.3 Å². The molecular formula is C25H20Cl2N2O2. The quantitative estimate of drug-likeness (QED) is 0.322. The molecule has 0 unspecified atom stereocenters. The molecule has 0 spiro atoms. The zero-order valence-electron chi connectivity index (χ0n) is 16.9. The average molecular weight is 451 g/mol. The Hall–Kier alpha value is -3.26. The van der Waals surface area contributed by atoms with E-state index in [1.165, 1.54) is 6.08 Å². The number of nitrogens with zero attached hydrogens (tertiary/aromatic N) is 1. The molecule has 0 aliphatic rings. The van der Waals surface area contributed by atoms with Crippen molar-refractivity contribution in [3.8, 4) is 11.8 Å². The van der Waals surface area contributed by atoms with Crippen molar-refractivity contribution < 1.29 is 9.53 Å². The second kappa shape index (κ2) is 10.7. The molecule has 1 amide bonds. The smallest absolute Gasteiger partial charge is 0.266 e. The van der Waals surface area contributed by atoms with Crippen LogP contribution in [0.25, 0.3) is 6.08 Å². The van der Waals surface area contributed by atoms with Gasteiger partial charge in [-0.2, -0.15) is 5.26 Å². The summed E-state index contributed by atoms with van der Waals surface area (Å²) in [6.07, 6.45) is 2.29. The fourth-order valence-electron chi connectivity index (χ4n) is 2.97. The SMILES string of the molecule is CCc1ccccc1NC(=O)C(C#N)=Cc1ccccc1OCc1ccc(Cl)c(Cl)c1. The second-order valence-electron chi connectivity index (χ2n) is 6.71. The lowest BCUT2D eigenvalue weighted by Crippen LogP contribution is -2.14. The molecule has 6 heteroatoms. The summed E-state index contributed by atoms with van der Waals surface area (Å²) in [5.41, 5.74) is 3.15. The lowest BCUT2D eigenvalue weighted by atomic mass is 10.1. The Balaban J connectivity index is 1.80. The standard InChI is InChI=1S/C25H20Cl2N2O2/c1-2-18-7-3-5-9-23(18)29-25(30)20(15-28)14-19-8-4-6-10-24(19)31-16-17-11-12-21(26)22(27)13-17/h3-14H,2,16H2,1H3,(H,29,30). The van der Waals surface area contributed by atoms with Gasteiger partial charge in [-0.25, -0.2) is 0 Å². The van der Waals surface area contributed by atoms with Crippen LogP contribution < -0.4 is 10.1 Å². The Bertz CT molecular complexity index is 1170. The summed E-state index contributed by atoms with van der Waals surface area (Å²) in [5.74, 6) is 0.0748. The van der Waals surface area contributed by atoms with Crippen molar-refractivity contribution in [1.82, 2.24) is 0 Å². The Labute approximate surface area is 191 Å². The largest absolute Gasteiger partial charge is 0.488 e. The molecule has 0 saturated carbocycles. The van der Waals surface area contributed by atoms with Gasteiger partial charge in [-0.3, -0.25) is 4.79 Å². The fourth-order valence-corrected chi connectivity index (χ4v) is 3.29. The van der Waals surface area contributed by atoms with E-state index >= 15 is 0 Å². The van der Waals surface area contributed by atoms with Gasteiger partial charge in [0.2, 0.25) is 0 Å². The van der Waals surface area contributed by atoms with E-state index in [4.69, 9.17) is 27.9 Å². The molecule has 0 bridgehead atoms. The van der Waals surface area contributed by atoms with E-state index in [1.807, 2.05) is 55.5 Å². The topological polar surface area (TPSA) is 62.1 Å². The van der Waals surface area contributed by atoms with Gasteiger partial charge in [0.15, 0.2) is 0 Å². The maximum atomic E-state index is 12.7. The van der Waals surface area contributed by atoms with Crippen molar-refractivity contribution in [2.24, 2.45) is 0 Å². The third kappa shape index (κ3) is 5.88. The van der Waals surface area contributed by atoms with Gasteiger partial charge in [-0.05, 0) is 47.9 Å². The first-order valence-electron chi connectivity index (χ1n) is 9.68. The van der Waals surface area contributed by atoms with Gasteiger partial charge in [-0.1, -0.05) is 72.6 Å². The molecule has 0 aliphatic carbocycles. The number of anilines is 1. The number of hydrogen-bond acceptors (Lipinski definition) is 3. The van der Waals surface area contributed by atoms with E-state index in [1.54, 1.807) is 24.3 Å². The van der Waals surface area contributed by atoms with E-state index < -0.39 is 5.91 Å². The first kappa shape index (κ1) is 22.4. The van der Waals surface area contributed by atoms with Crippen LogP contribution in [0.4, 0.5) is 5.69 Å². The lowest BCUT2D eigenvalue weighted by Gasteiger charge is -2.11. The third-order valence-electron chi connectivity index (χ3n) is 4.61. The second-order valence-corrected chi connectivity index (χ2v) is 7.52. The minimum Gasteiger partial charge on any atom is -0.488 e. The molecule has 0 aliphatic heterocycles. The van der Waals surface area contributed by atoms with Crippen LogP contribution in [0.1, 0.15) is 23.6 Å². The van der Waals surface area contributed by atoms with Gasteiger partial charge in [0.25, 0.3) is 5.91 Å². The van der Waals surface area contributed by atoms with E-state index in [9.17, 15) is 10.1 Å². The number of hydrogen-bond donors (Lipinski definition) is 1. The van der Waals surface area contributed by atoms with Crippen molar-refractivity contribution >= 4 is 40.9 Å². The average Bonchev–Trinajstić information content (AvgIpc) is 2.79. The molecule has 0 saturated heterocycles. The zero-order valence-corrected chi connectivity index (χ0v) is 18.4. The first-order chi connectivity index (χ1) is 15.0. The monoisotopic (exact) mass is 450 g/mol. The predicted molar refractivity (Wildman–Crippen MR) is 125 cm³/mol. The molecular weight excluding hydrogens is 431 g/mol. The molecule has 1 N–H and O–H groups in total. The normalized spacial score (nSPS) is 11.0. The van der Waals surface area contributed by atoms with Gasteiger partial charge in [0.05, 0.1) is 10.0 Å². The van der Waals surface area contributed by atoms with E-state index in [0.717, 1.165) is 17.5 Å². The van der Waals surface area contributed by atoms with Crippen LogP contribution in [0.2, 0.25) is 10.0 Å². The molecule has 3 rings (SSSR count). The van der Waals surface area contributed by atoms with Crippen LogP contribution >= 0.6 is 23.2 Å². The Morgan fingerprint density at radius 3 is 2.55 bits per heavy atom. The molecule has 31 heavy (non-hydrogen) atoms. The van der Waals surface area contributed by atoms with E-state index in [-0.39, 0.29) is 12.2 Å². The summed E-state index contributed by atoms with van der Waals surface area (Å²) in [6, 6.07) is 22.0. The Kier molecular flexibility index (Phi) is 7.72. The van der Waals surface area contributed by atoms with Crippen molar-refractivity contribution in [1.29, 1.82) is 5.26 Å². The zero-order chi connectivity index (χ0) is 22.2. The Morgan fingerprint density at radius 2 is 1.81 bits per heavy atom. The van der Waals surface area contributed by atoms with E-state index in [2.05, 4.69) is 5.32 Å². The van der Waals surface area contributed by atoms with Gasteiger partial charge in [-0.15, -0.1) is 0 Å². The number of para-hydroxylation sites is 2. The first-order valence-corrected chi connectivity index (χ1v) is 10.4. The van der Waals surface area contributed by atoms with Crippen LogP contribution in [0.15, 0.2) is 72.3 Å². The fraction of sp³-hybridized carbons (Fsp3) is 0.120. The summed E-state index contributed by atoms with van der Waals surface area (Å²) in [5, 5.41) is 13.3. The number of carbonyl (C=O) groups is 1. The van der Waals surface area contributed by atoms with Crippen LogP contribution in [0, 0.1) is 11.3 Å². The summed E-state index contributed by atoms with van der Waals surface area (Å²) in [7, 11) is 0. The molecule has 0 heterocycles. The molecule has 3 aromatic carbocycles. The number of amides is 1. The number of nitrogens with one attached hydrogen (secondary N) is 1. The van der Waals surface area contributed by atoms with Crippen molar-refractivity contribution in [3.05, 3.63) is 99.0 Å². The van der Waals surface area contributed by atoms with Crippen molar-refractivity contribution in [2.75, 3.05) is 5.32 Å². The highest BCUT2D eigenvalue weighted by atomic mass is 35.5. The highest BCUT2D eigenvalue weighted by molar-refractivity contribution is 6.42. The molecule has 3 aromatic rings. The predicted octanol–water partition coefficient (Wildman–Crippen LogP) is 6.68. The molecule has 0 fully saturated rings. The molecule has 0 atom stereocenters. The lowest BCUT2D eigenvalue weighted by molar-refractivity contribution is -0.112. The maximum Gasteiger partial charge on any atom is 0.266 e. The minimum absolute atomic E-state index is 0.0171. The number of carbonyl (C=O) groups excluding carboxylic acids is 1. The number of benzene rings is 3. The minimum atomic E-state index is -0.470. The number of halogens is 2. The van der Waals surface area contributed by atoms with Crippen molar-refractivity contribution in [3.63, 3.8) is 0 Å². The summed E-state index contributed by atoms with van der Waals surface area (Å²) < 4.78 is 5.91. The molecule has 0 aromatic heterocycles. The summed E-state index contributed by atoms with van der Waals surface area (Å²) in [4.78, 5) is 12.7. The maximum absolute atomic E-state index is 12.7. The molecule has 0 radical (unpaired) electrons. The third-order valence-corrected chi connectivity index (χ3v) is 5.35. The van der Waals surface area contributed by atoms with Gasteiger partial charge in [0.1, 0.15) is 24.0 Å². The van der Waals surface area contributed by atoms with Gasteiger partial charge < -0.3 is 10.1 Å². The van der Waals surface area contributed by atoms with Crippen LogP contribution in [-0.4, -0.2) is 5.91 Å². The van der Waals surface area contributed by atoms with E-state index in [0.29, 0.717) is 27.0 Å². The molecule has 156 valence electrons. The number of aryl methyl sites for hydroxylation is 1. The Morgan fingerprint density at radius 1 is 1.06 bits per heavy atom. The number of rotatable bonds is 7.